The fourth-order valence-electron chi connectivity index (χ4n) is 0. The monoisotopic (exact) mass is 401 g/mol. The molecule has 4 heteroatoms. The van der Waals surface area contributed by atoms with E-state index in [9.17, 15) is 0 Å². The molecule has 0 aromatic rings. The molecule has 4 radical (unpaired) electrons. The molecule has 0 aromatic carbocycles. The quantitative estimate of drug-likeness (QED) is 0.538. The normalized spacial score (nSPS) is 0. The maximum atomic E-state index is 0. The molecule has 0 bridgehead atoms. The van der Waals surface area contributed by atoms with E-state index in [0.717, 1.165) is 0 Å². The topological polar surface area (TPSA) is 0 Å². The molecule has 0 unspecified atom stereocenters. The van der Waals surface area contributed by atoms with Gasteiger partial charge in [0.1, 0.15) is 0 Å². The minimum Gasteiger partial charge on any atom is -0.358 e. The Labute approximate surface area is 149 Å². The summed E-state index contributed by atoms with van der Waals surface area (Å²) in [4.78, 5) is 0. The van der Waals surface area contributed by atoms with E-state index in [4.69, 9.17) is 0 Å². The van der Waals surface area contributed by atoms with Gasteiger partial charge in [0, 0.05) is 131 Å². The summed E-state index contributed by atoms with van der Waals surface area (Å²) in [6.45, 7) is 0. The number of rotatable bonds is 0. The Morgan fingerprint density at radius 2 is 0.286 bits per heavy atom. The standard InChI is InChI=1S/3CH3.4Y/h3*1H3;;;;/q3*-1;;;;. The van der Waals surface area contributed by atoms with Crippen LogP contribution in [-0.4, -0.2) is 0 Å². The fourth-order valence-corrected chi connectivity index (χ4v) is 0. The Kier molecular flexibility index (Phi) is 430. The zero-order valence-electron chi connectivity index (χ0n) is 5.31. The molecule has 0 aliphatic heterocycles. The van der Waals surface area contributed by atoms with E-state index in [2.05, 4.69) is 0 Å². The second-order valence-electron chi connectivity index (χ2n) is 0. The van der Waals surface area contributed by atoms with Gasteiger partial charge < -0.3 is 22.3 Å². The second-order valence-corrected chi connectivity index (χ2v) is 0. The van der Waals surface area contributed by atoms with Gasteiger partial charge in [0.25, 0.3) is 0 Å². The van der Waals surface area contributed by atoms with Gasteiger partial charge in [-0.2, -0.15) is 0 Å². The van der Waals surface area contributed by atoms with Gasteiger partial charge in [-0.1, -0.05) is 0 Å². The Morgan fingerprint density at radius 3 is 0.286 bits per heavy atom. The third kappa shape index (κ3) is 37.8. The van der Waals surface area contributed by atoms with E-state index in [0.29, 0.717) is 0 Å². The fraction of sp³-hybridized carbons (Fsp3) is 0. The molecule has 0 aromatic heterocycles. The molecule has 7 heavy (non-hydrogen) atoms. The maximum absolute atomic E-state index is 0. The number of hydrogen-bond donors (Lipinski definition) is 0. The van der Waals surface area contributed by atoms with Crippen LogP contribution in [-0.2, 0) is 131 Å². The van der Waals surface area contributed by atoms with Crippen molar-refractivity contribution in [2.24, 2.45) is 0 Å². The molecule has 0 saturated heterocycles. The molecule has 0 aliphatic carbocycles. The van der Waals surface area contributed by atoms with Crippen LogP contribution in [0.4, 0.5) is 0 Å². The van der Waals surface area contributed by atoms with Gasteiger partial charge in [-0.25, -0.2) is 0 Å². The molecular formula is C3H9Y4-3. The van der Waals surface area contributed by atoms with E-state index >= 15 is 0 Å². The van der Waals surface area contributed by atoms with Gasteiger partial charge in [-0.05, 0) is 0 Å². The number of hydrogen-bond acceptors (Lipinski definition) is 0. The van der Waals surface area contributed by atoms with Crippen LogP contribution < -0.4 is 0 Å². The summed E-state index contributed by atoms with van der Waals surface area (Å²) < 4.78 is 0. The predicted molar refractivity (Wildman–Crippen MR) is 19.2 cm³/mol. The van der Waals surface area contributed by atoms with Crippen molar-refractivity contribution < 1.29 is 131 Å². The molecule has 0 spiro atoms. The second kappa shape index (κ2) is 47.4. The minimum atomic E-state index is 0. The van der Waals surface area contributed by atoms with Crippen molar-refractivity contribution in [2.75, 3.05) is 0 Å². The molecular weight excluding hydrogens is 392 g/mol. The zero-order valence-corrected chi connectivity index (χ0v) is 16.7. The Hall–Kier alpha value is 4.42. The zero-order chi connectivity index (χ0) is 0. The van der Waals surface area contributed by atoms with Crippen LogP contribution in [0.5, 0.6) is 0 Å². The Balaban J connectivity index is 0. The molecule has 0 nitrogen and oxygen atoms in total. The molecule has 0 saturated carbocycles. The summed E-state index contributed by atoms with van der Waals surface area (Å²) in [5.41, 5.74) is 0. The van der Waals surface area contributed by atoms with Gasteiger partial charge in [-0.3, -0.25) is 0 Å². The van der Waals surface area contributed by atoms with Crippen LogP contribution in [0.3, 0.4) is 0 Å². The smallest absolute Gasteiger partial charge is 0 e. The molecule has 0 heterocycles. The molecule has 36 valence electrons. The third-order valence-electron chi connectivity index (χ3n) is 0. The van der Waals surface area contributed by atoms with Gasteiger partial charge >= 0.3 is 0 Å². The van der Waals surface area contributed by atoms with Gasteiger partial charge in [0.05, 0.1) is 0 Å². The van der Waals surface area contributed by atoms with E-state index in [1.165, 1.54) is 0 Å². The molecule has 0 N–H and O–H groups in total. The average Bonchev–Trinajstić information content (AvgIpc) is 0. The first-order chi connectivity index (χ1) is 0. The molecule has 0 atom stereocenters. The van der Waals surface area contributed by atoms with Crippen molar-refractivity contribution >= 4 is 0 Å². The maximum Gasteiger partial charge on any atom is 0 e. The van der Waals surface area contributed by atoms with Crippen LogP contribution in [0.2, 0.25) is 0 Å². The van der Waals surface area contributed by atoms with Crippen LogP contribution in [0.1, 0.15) is 0 Å². The van der Waals surface area contributed by atoms with Gasteiger partial charge in [-0.15, -0.1) is 0 Å². The summed E-state index contributed by atoms with van der Waals surface area (Å²) in [6.07, 6.45) is 0. The summed E-state index contributed by atoms with van der Waals surface area (Å²) in [5, 5.41) is 0. The summed E-state index contributed by atoms with van der Waals surface area (Å²) in [6, 6.07) is 0. The van der Waals surface area contributed by atoms with Crippen LogP contribution in [0.25, 0.3) is 0 Å². The molecule has 0 aliphatic rings. The molecule has 0 fully saturated rings. The van der Waals surface area contributed by atoms with Gasteiger partial charge in [0.15, 0.2) is 0 Å². The Morgan fingerprint density at radius 1 is 0.286 bits per heavy atom. The minimum absolute atomic E-state index is 0. The third-order valence-corrected chi connectivity index (χ3v) is 0. The first-order valence-corrected chi connectivity index (χ1v) is 0. The van der Waals surface area contributed by atoms with E-state index in [1.807, 2.05) is 0 Å². The van der Waals surface area contributed by atoms with Crippen molar-refractivity contribution in [3.63, 3.8) is 0 Å². The largest absolute Gasteiger partial charge is 0.358 e. The van der Waals surface area contributed by atoms with Gasteiger partial charge in [0.2, 0.25) is 0 Å². The van der Waals surface area contributed by atoms with Crippen molar-refractivity contribution in [1.29, 1.82) is 0 Å². The SMILES string of the molecule is [CH3-].[CH3-].[CH3-].[Y].[Y].[Y].[Y]. The first kappa shape index (κ1) is 63.5. The van der Waals surface area contributed by atoms with Crippen LogP contribution in [0.15, 0.2) is 0 Å². The van der Waals surface area contributed by atoms with E-state index < -0.39 is 0 Å². The first-order valence-electron chi connectivity index (χ1n) is 0. The molecule has 0 rings (SSSR count). The van der Waals surface area contributed by atoms with Crippen molar-refractivity contribution in [3.8, 4) is 0 Å². The predicted octanol–water partition coefficient (Wildman–Crippen LogP) is 1.34. The summed E-state index contributed by atoms with van der Waals surface area (Å²) >= 11 is 0. The van der Waals surface area contributed by atoms with Crippen LogP contribution >= 0.6 is 0 Å². The van der Waals surface area contributed by atoms with E-state index in [1.54, 1.807) is 0 Å². The van der Waals surface area contributed by atoms with E-state index in [-0.39, 0.29) is 153 Å². The average molecular weight is 401 g/mol. The molecule has 0 amide bonds. The van der Waals surface area contributed by atoms with Crippen molar-refractivity contribution in [1.82, 2.24) is 0 Å². The van der Waals surface area contributed by atoms with Crippen LogP contribution in [0, 0.1) is 22.3 Å². The van der Waals surface area contributed by atoms with Crippen molar-refractivity contribution in [2.45, 2.75) is 0 Å². The Bertz CT molecular complexity index is 6.90. The summed E-state index contributed by atoms with van der Waals surface area (Å²) in [5.74, 6) is 0. The summed E-state index contributed by atoms with van der Waals surface area (Å²) in [7, 11) is 0. The van der Waals surface area contributed by atoms with Crippen molar-refractivity contribution in [3.05, 3.63) is 22.3 Å².